The van der Waals surface area contributed by atoms with Crippen molar-refractivity contribution in [2.75, 3.05) is 26.2 Å². The molecule has 3 heterocycles. The fourth-order valence-corrected chi connectivity index (χ4v) is 3.28. The van der Waals surface area contributed by atoms with E-state index < -0.39 is 5.56 Å². The minimum Gasteiger partial charge on any atom is -0.459 e. The normalized spacial score (nSPS) is 14.0. The monoisotopic (exact) mass is 410 g/mol. The Morgan fingerprint density at radius 3 is 2.33 bits per heavy atom. The van der Waals surface area contributed by atoms with E-state index in [4.69, 9.17) is 4.42 Å². The molecule has 0 unspecified atom stereocenters. The van der Waals surface area contributed by atoms with Gasteiger partial charge in [0.15, 0.2) is 5.76 Å². The molecule has 4 rings (SSSR count). The summed E-state index contributed by atoms with van der Waals surface area (Å²) in [6.45, 7) is 1.27. The number of rotatable bonds is 4. The zero-order valence-electron chi connectivity index (χ0n) is 16.0. The summed E-state index contributed by atoms with van der Waals surface area (Å²) in [6.07, 6.45) is 1.44. The van der Waals surface area contributed by atoms with Crippen molar-refractivity contribution in [3.63, 3.8) is 0 Å². The van der Waals surface area contributed by atoms with Crippen molar-refractivity contribution < 1.29 is 18.4 Å². The van der Waals surface area contributed by atoms with E-state index in [0.717, 1.165) is 4.68 Å². The Bertz CT molecular complexity index is 1100. The molecule has 30 heavy (non-hydrogen) atoms. The van der Waals surface area contributed by atoms with Gasteiger partial charge >= 0.3 is 0 Å². The highest BCUT2D eigenvalue weighted by atomic mass is 19.1. The van der Waals surface area contributed by atoms with Crippen LogP contribution in [0.25, 0.3) is 11.3 Å². The van der Waals surface area contributed by atoms with E-state index in [1.54, 1.807) is 34.1 Å². The SMILES string of the molecule is O=C(Cn1nc(-c2ccc(F)cc2)ccc1=O)N1CCN(C(=O)c2ccco2)CC1. The molecule has 2 aromatic heterocycles. The Morgan fingerprint density at radius 2 is 1.67 bits per heavy atom. The molecule has 0 bridgehead atoms. The second kappa shape index (κ2) is 8.32. The smallest absolute Gasteiger partial charge is 0.289 e. The number of hydrogen-bond donors (Lipinski definition) is 0. The minimum atomic E-state index is -0.402. The number of amides is 2. The molecule has 1 aliphatic heterocycles. The maximum Gasteiger partial charge on any atom is 0.289 e. The minimum absolute atomic E-state index is 0.208. The Balaban J connectivity index is 1.41. The van der Waals surface area contributed by atoms with E-state index in [-0.39, 0.29) is 29.9 Å². The fourth-order valence-electron chi connectivity index (χ4n) is 3.28. The summed E-state index contributed by atoms with van der Waals surface area (Å²) >= 11 is 0. The van der Waals surface area contributed by atoms with E-state index in [0.29, 0.717) is 37.4 Å². The molecule has 9 heteroatoms. The number of furan rings is 1. The maximum absolute atomic E-state index is 13.1. The molecule has 154 valence electrons. The van der Waals surface area contributed by atoms with Crippen LogP contribution in [-0.4, -0.2) is 57.6 Å². The van der Waals surface area contributed by atoms with Crippen LogP contribution >= 0.6 is 0 Å². The lowest BCUT2D eigenvalue weighted by Crippen LogP contribution is -2.51. The predicted molar refractivity (Wildman–Crippen MR) is 105 cm³/mol. The molecule has 8 nitrogen and oxygen atoms in total. The number of nitrogens with zero attached hydrogens (tertiary/aromatic N) is 4. The van der Waals surface area contributed by atoms with E-state index >= 15 is 0 Å². The van der Waals surface area contributed by atoms with Crippen molar-refractivity contribution in [3.8, 4) is 11.3 Å². The van der Waals surface area contributed by atoms with E-state index in [2.05, 4.69) is 5.10 Å². The largest absolute Gasteiger partial charge is 0.459 e. The average Bonchev–Trinajstić information content (AvgIpc) is 3.30. The Kier molecular flexibility index (Phi) is 5.42. The van der Waals surface area contributed by atoms with Crippen molar-refractivity contribution in [2.45, 2.75) is 6.54 Å². The molecule has 0 saturated carbocycles. The van der Waals surface area contributed by atoms with Crippen LogP contribution in [0.4, 0.5) is 4.39 Å². The first kappa shape index (κ1) is 19.6. The van der Waals surface area contributed by atoms with Gasteiger partial charge in [-0.15, -0.1) is 0 Å². The van der Waals surface area contributed by atoms with E-state index in [1.165, 1.54) is 30.5 Å². The van der Waals surface area contributed by atoms with Gasteiger partial charge < -0.3 is 14.2 Å². The number of halogens is 1. The van der Waals surface area contributed by atoms with Crippen LogP contribution in [-0.2, 0) is 11.3 Å². The van der Waals surface area contributed by atoms with Gasteiger partial charge in [-0.1, -0.05) is 0 Å². The lowest BCUT2D eigenvalue weighted by atomic mass is 10.1. The quantitative estimate of drug-likeness (QED) is 0.652. The first-order chi connectivity index (χ1) is 14.5. The van der Waals surface area contributed by atoms with Crippen LogP contribution in [0, 0.1) is 5.82 Å². The Morgan fingerprint density at radius 1 is 0.967 bits per heavy atom. The highest BCUT2D eigenvalue weighted by molar-refractivity contribution is 5.91. The van der Waals surface area contributed by atoms with Gasteiger partial charge in [-0.25, -0.2) is 9.07 Å². The van der Waals surface area contributed by atoms with E-state index in [1.807, 2.05) is 0 Å². The number of carbonyl (C=O) groups excluding carboxylic acids is 2. The van der Waals surface area contributed by atoms with Crippen molar-refractivity contribution in [3.05, 3.63) is 76.7 Å². The topological polar surface area (TPSA) is 88.7 Å². The molecular formula is C21H19FN4O4. The second-order valence-corrected chi connectivity index (χ2v) is 6.87. The third-order valence-corrected chi connectivity index (χ3v) is 4.94. The molecule has 0 atom stereocenters. The van der Waals surface area contributed by atoms with Gasteiger partial charge in [-0.05, 0) is 42.5 Å². The number of aromatic nitrogens is 2. The van der Waals surface area contributed by atoms with Crippen molar-refractivity contribution in [1.29, 1.82) is 0 Å². The standard InChI is InChI=1S/C21H19FN4O4/c22-16-5-3-15(4-6-16)17-7-8-19(27)26(23-17)14-20(28)24-9-11-25(12-10-24)21(29)18-2-1-13-30-18/h1-8,13H,9-12,14H2. The van der Waals surface area contributed by atoms with Gasteiger partial charge in [-0.2, -0.15) is 5.10 Å². The molecule has 1 saturated heterocycles. The Hall–Kier alpha value is -3.75. The van der Waals surface area contributed by atoms with Gasteiger partial charge in [0.1, 0.15) is 12.4 Å². The van der Waals surface area contributed by atoms with Gasteiger partial charge in [0, 0.05) is 37.8 Å². The number of benzene rings is 1. The first-order valence-corrected chi connectivity index (χ1v) is 9.46. The molecular weight excluding hydrogens is 391 g/mol. The van der Waals surface area contributed by atoms with Crippen LogP contribution in [0.1, 0.15) is 10.6 Å². The van der Waals surface area contributed by atoms with Crippen molar-refractivity contribution >= 4 is 11.8 Å². The Labute approximate surface area is 171 Å². The van der Waals surface area contributed by atoms with Crippen LogP contribution in [0.3, 0.4) is 0 Å². The van der Waals surface area contributed by atoms with Crippen LogP contribution < -0.4 is 5.56 Å². The van der Waals surface area contributed by atoms with Gasteiger partial charge in [0.25, 0.3) is 11.5 Å². The lowest BCUT2D eigenvalue weighted by molar-refractivity contribution is -0.133. The maximum atomic E-state index is 13.1. The summed E-state index contributed by atoms with van der Waals surface area (Å²) in [5.74, 6) is -0.571. The molecule has 0 radical (unpaired) electrons. The van der Waals surface area contributed by atoms with Crippen LogP contribution in [0.2, 0.25) is 0 Å². The average molecular weight is 410 g/mol. The molecule has 1 aliphatic rings. The highest BCUT2D eigenvalue weighted by Crippen LogP contribution is 2.16. The second-order valence-electron chi connectivity index (χ2n) is 6.87. The summed E-state index contributed by atoms with van der Waals surface area (Å²) in [5, 5.41) is 4.24. The van der Waals surface area contributed by atoms with Crippen LogP contribution in [0.15, 0.2) is 64.0 Å². The third-order valence-electron chi connectivity index (χ3n) is 4.94. The van der Waals surface area contributed by atoms with E-state index in [9.17, 15) is 18.8 Å². The lowest BCUT2D eigenvalue weighted by Gasteiger charge is -2.34. The molecule has 0 aliphatic carbocycles. The summed E-state index contributed by atoms with van der Waals surface area (Å²) in [5.41, 5.74) is 0.708. The molecule has 2 amide bonds. The molecule has 1 fully saturated rings. The predicted octanol–water partition coefficient (Wildman–Crippen LogP) is 1.63. The van der Waals surface area contributed by atoms with Gasteiger partial charge in [0.05, 0.1) is 12.0 Å². The summed E-state index contributed by atoms with van der Waals surface area (Å²) in [7, 11) is 0. The highest BCUT2D eigenvalue weighted by Gasteiger charge is 2.26. The molecule has 0 N–H and O–H groups in total. The third kappa shape index (κ3) is 4.14. The molecule has 1 aromatic carbocycles. The zero-order chi connectivity index (χ0) is 21.1. The van der Waals surface area contributed by atoms with Crippen molar-refractivity contribution in [1.82, 2.24) is 19.6 Å². The zero-order valence-corrected chi connectivity index (χ0v) is 16.0. The fraction of sp³-hybridized carbons (Fsp3) is 0.238. The number of piperazine rings is 1. The van der Waals surface area contributed by atoms with Gasteiger partial charge in [0.2, 0.25) is 5.91 Å². The van der Waals surface area contributed by atoms with Crippen LogP contribution in [0.5, 0.6) is 0 Å². The molecule has 3 aromatic rings. The summed E-state index contributed by atoms with van der Waals surface area (Å²) in [4.78, 5) is 40.4. The van der Waals surface area contributed by atoms with Crippen molar-refractivity contribution in [2.24, 2.45) is 0 Å². The first-order valence-electron chi connectivity index (χ1n) is 9.46. The molecule has 0 spiro atoms. The number of hydrogen-bond acceptors (Lipinski definition) is 5. The summed E-state index contributed by atoms with van der Waals surface area (Å²) in [6, 6.07) is 11.9. The number of carbonyl (C=O) groups is 2. The summed E-state index contributed by atoms with van der Waals surface area (Å²) < 4.78 is 19.4. The van der Waals surface area contributed by atoms with Gasteiger partial charge in [-0.3, -0.25) is 14.4 Å².